The van der Waals surface area contributed by atoms with E-state index < -0.39 is 15.7 Å². The van der Waals surface area contributed by atoms with E-state index in [9.17, 15) is 4.21 Å². The first-order valence-electron chi connectivity index (χ1n) is 10.9. The van der Waals surface area contributed by atoms with E-state index in [0.29, 0.717) is 34.7 Å². The highest BCUT2D eigenvalue weighted by Crippen LogP contribution is 2.45. The Morgan fingerprint density at radius 2 is 2.00 bits per heavy atom. The van der Waals surface area contributed by atoms with Gasteiger partial charge in [0.2, 0.25) is 0 Å². The molecule has 2 heterocycles. The lowest BCUT2D eigenvalue weighted by atomic mass is 9.75. The highest BCUT2D eigenvalue weighted by atomic mass is 79.9. The lowest BCUT2D eigenvalue weighted by Crippen LogP contribution is -2.39. The molecule has 1 aliphatic heterocycles. The molecule has 0 amide bonds. The Bertz CT molecular complexity index is 996. The van der Waals surface area contributed by atoms with Crippen molar-refractivity contribution in [1.29, 1.82) is 0 Å². The molecule has 0 radical (unpaired) electrons. The molecule has 5 nitrogen and oxygen atoms in total. The Hall–Kier alpha value is -1.12. The van der Waals surface area contributed by atoms with Crippen molar-refractivity contribution in [2.24, 2.45) is 11.1 Å². The molecule has 3 rings (SSSR count). The van der Waals surface area contributed by atoms with E-state index in [2.05, 4.69) is 32.4 Å². The number of hydrogen-bond donors (Lipinski definition) is 1. The number of hydrogen-bond acceptors (Lipinski definition) is 4. The zero-order chi connectivity index (χ0) is 24.2. The number of anilines is 1. The maximum atomic E-state index is 12.3. The number of nitrogens with two attached hydrogens (primary N) is 1. The van der Waals surface area contributed by atoms with Crippen LogP contribution in [-0.4, -0.2) is 33.6 Å². The van der Waals surface area contributed by atoms with E-state index in [0.717, 1.165) is 41.8 Å². The standard InChI is InChI=1S/C24H30BrCl2N3O2S/c1-4-11-32-22-13-21(27)20(26)12-18(22)19(14-24(2,3)33(28)31)16-7-9-30(10-8-16)23-6-5-17(25)15-29-23/h4-6,12-13,15-16,19H,1,7-11,14,28H2,2-3H3/t19-,33?/m1/s1. The summed E-state index contributed by atoms with van der Waals surface area (Å²) in [7, 11) is -1.48. The molecule has 1 unspecified atom stereocenters. The van der Waals surface area contributed by atoms with Crippen molar-refractivity contribution in [3.8, 4) is 5.75 Å². The monoisotopic (exact) mass is 573 g/mol. The molecule has 33 heavy (non-hydrogen) atoms. The van der Waals surface area contributed by atoms with Gasteiger partial charge in [0.15, 0.2) is 0 Å². The second-order valence-corrected chi connectivity index (χ2v) is 12.4. The third-order valence-corrected chi connectivity index (χ3v) is 8.66. The molecule has 2 aromatic rings. The average Bonchev–Trinajstić information content (AvgIpc) is 2.79. The van der Waals surface area contributed by atoms with Crippen molar-refractivity contribution >= 4 is 55.9 Å². The summed E-state index contributed by atoms with van der Waals surface area (Å²) < 4.78 is 18.7. The van der Waals surface area contributed by atoms with Gasteiger partial charge in [-0.25, -0.2) is 9.19 Å². The van der Waals surface area contributed by atoms with Gasteiger partial charge in [0.25, 0.3) is 0 Å². The highest BCUT2D eigenvalue weighted by Gasteiger charge is 2.36. The van der Waals surface area contributed by atoms with Crippen LogP contribution in [0.3, 0.4) is 0 Å². The van der Waals surface area contributed by atoms with E-state index in [1.54, 1.807) is 12.1 Å². The van der Waals surface area contributed by atoms with Crippen molar-refractivity contribution in [1.82, 2.24) is 4.98 Å². The highest BCUT2D eigenvalue weighted by molar-refractivity contribution is 9.10. The van der Waals surface area contributed by atoms with Crippen LogP contribution in [0.1, 0.15) is 44.6 Å². The maximum absolute atomic E-state index is 12.3. The smallest absolute Gasteiger partial charge is 0.128 e. The number of ether oxygens (including phenoxy) is 1. The minimum atomic E-state index is -1.48. The molecule has 0 aliphatic carbocycles. The number of nitrogens with zero attached hydrogens (tertiary/aromatic N) is 2. The second kappa shape index (κ2) is 11.5. The molecule has 0 spiro atoms. The van der Waals surface area contributed by atoms with E-state index in [4.69, 9.17) is 33.1 Å². The third kappa shape index (κ3) is 6.73. The fourth-order valence-electron chi connectivity index (χ4n) is 4.34. The normalized spacial score (nSPS) is 17.0. The number of benzene rings is 1. The maximum Gasteiger partial charge on any atom is 0.128 e. The molecule has 1 aromatic heterocycles. The number of halogens is 3. The number of rotatable bonds is 9. The van der Waals surface area contributed by atoms with E-state index in [-0.39, 0.29) is 5.92 Å². The van der Waals surface area contributed by atoms with Gasteiger partial charge in [-0.3, -0.25) is 5.14 Å². The topological polar surface area (TPSA) is 68.5 Å². The van der Waals surface area contributed by atoms with Crippen molar-refractivity contribution in [2.75, 3.05) is 24.6 Å². The zero-order valence-corrected chi connectivity index (χ0v) is 22.8. The summed E-state index contributed by atoms with van der Waals surface area (Å²) in [5.74, 6) is 2.05. The van der Waals surface area contributed by atoms with Crippen LogP contribution in [0.25, 0.3) is 0 Å². The van der Waals surface area contributed by atoms with Gasteiger partial charge in [0, 0.05) is 29.8 Å². The molecule has 0 bridgehead atoms. The van der Waals surface area contributed by atoms with Gasteiger partial charge >= 0.3 is 0 Å². The van der Waals surface area contributed by atoms with Crippen molar-refractivity contribution < 1.29 is 8.95 Å². The summed E-state index contributed by atoms with van der Waals surface area (Å²) in [5.41, 5.74) is 0.977. The quantitative estimate of drug-likeness (QED) is 0.347. The Morgan fingerprint density at radius 3 is 2.58 bits per heavy atom. The fraction of sp³-hybridized carbons (Fsp3) is 0.458. The van der Waals surface area contributed by atoms with Gasteiger partial charge < -0.3 is 9.64 Å². The molecule has 1 saturated heterocycles. The minimum absolute atomic E-state index is 0.0575. The van der Waals surface area contributed by atoms with Gasteiger partial charge in [-0.15, -0.1) is 0 Å². The molecule has 180 valence electrons. The van der Waals surface area contributed by atoms with Gasteiger partial charge in [-0.2, -0.15) is 0 Å². The van der Waals surface area contributed by atoms with Crippen LogP contribution in [0.15, 0.2) is 47.6 Å². The van der Waals surface area contributed by atoms with E-state index >= 15 is 0 Å². The predicted molar refractivity (Wildman–Crippen MR) is 143 cm³/mol. The summed E-state index contributed by atoms with van der Waals surface area (Å²) in [6.07, 6.45) is 6.07. The number of pyridine rings is 1. The Balaban J connectivity index is 1.91. The Labute approximate surface area is 217 Å². The van der Waals surface area contributed by atoms with E-state index in [1.807, 2.05) is 38.2 Å². The van der Waals surface area contributed by atoms with Crippen LogP contribution < -0.4 is 14.8 Å². The molecule has 0 saturated carbocycles. The van der Waals surface area contributed by atoms with Crippen LogP contribution >= 0.6 is 39.1 Å². The van der Waals surface area contributed by atoms with Crippen molar-refractivity contribution in [3.63, 3.8) is 0 Å². The van der Waals surface area contributed by atoms with Gasteiger partial charge in [-0.1, -0.05) is 35.9 Å². The van der Waals surface area contributed by atoms with Gasteiger partial charge in [0.1, 0.15) is 18.2 Å². The predicted octanol–water partition coefficient (Wildman–Crippen LogP) is 6.51. The number of aromatic nitrogens is 1. The zero-order valence-electron chi connectivity index (χ0n) is 18.9. The molecule has 2 N–H and O–H groups in total. The van der Waals surface area contributed by atoms with Gasteiger partial charge in [0.05, 0.1) is 25.8 Å². The molecular formula is C24H30BrCl2N3O2S. The summed E-state index contributed by atoms with van der Waals surface area (Å²) >= 11 is 16.2. The summed E-state index contributed by atoms with van der Waals surface area (Å²) in [6, 6.07) is 7.70. The molecule has 2 atom stereocenters. The third-order valence-electron chi connectivity index (χ3n) is 6.21. The largest absolute Gasteiger partial charge is 0.489 e. The van der Waals surface area contributed by atoms with Crippen molar-refractivity contribution in [3.05, 3.63) is 63.2 Å². The van der Waals surface area contributed by atoms with Crippen LogP contribution in [0.4, 0.5) is 5.82 Å². The van der Waals surface area contributed by atoms with Crippen LogP contribution in [0.2, 0.25) is 10.0 Å². The van der Waals surface area contributed by atoms with Crippen LogP contribution in [0, 0.1) is 5.92 Å². The lowest BCUT2D eigenvalue weighted by molar-refractivity contribution is 0.296. The SMILES string of the molecule is C=CCOc1cc(Cl)c(Cl)cc1[C@H](CC(C)(C)S(N)=O)C1CCN(c2ccc(Br)cn2)CC1. The van der Waals surface area contributed by atoms with E-state index in [1.165, 1.54) is 0 Å². The van der Waals surface area contributed by atoms with Crippen molar-refractivity contribution in [2.45, 2.75) is 43.8 Å². The molecule has 1 aromatic carbocycles. The Morgan fingerprint density at radius 1 is 1.33 bits per heavy atom. The number of piperidine rings is 1. The second-order valence-electron chi connectivity index (χ2n) is 8.93. The summed E-state index contributed by atoms with van der Waals surface area (Å²) in [4.78, 5) is 6.84. The minimum Gasteiger partial charge on any atom is -0.489 e. The van der Waals surface area contributed by atoms with Crippen LogP contribution in [0.5, 0.6) is 5.75 Å². The molecule has 9 heteroatoms. The fourth-order valence-corrected chi connectivity index (χ4v) is 5.24. The van der Waals surface area contributed by atoms with Crippen LogP contribution in [-0.2, 0) is 11.0 Å². The first-order valence-corrected chi connectivity index (χ1v) is 13.6. The lowest BCUT2D eigenvalue weighted by Gasteiger charge is -2.39. The molecular weight excluding hydrogens is 545 g/mol. The first kappa shape index (κ1) is 26.5. The first-order chi connectivity index (χ1) is 15.6. The molecule has 1 aliphatic rings. The summed E-state index contributed by atoms with van der Waals surface area (Å²) in [6.45, 7) is 9.76. The Kier molecular flexibility index (Phi) is 9.26. The molecule has 1 fully saturated rings. The average molecular weight is 575 g/mol. The van der Waals surface area contributed by atoms with Gasteiger partial charge in [-0.05, 0) is 84.6 Å². The summed E-state index contributed by atoms with van der Waals surface area (Å²) in [5, 5.41) is 6.79.